The van der Waals surface area contributed by atoms with Crippen molar-refractivity contribution in [2.75, 3.05) is 6.61 Å². The van der Waals surface area contributed by atoms with Gasteiger partial charge in [-0.2, -0.15) is 0 Å². The second kappa shape index (κ2) is 5.09. The molecule has 3 rings (SSSR count). The molecule has 2 aliphatic carbocycles. The lowest BCUT2D eigenvalue weighted by atomic mass is 9.51. The predicted octanol–water partition coefficient (Wildman–Crippen LogP) is 1.71. The fourth-order valence-electron chi connectivity index (χ4n) is 3.36. The summed E-state index contributed by atoms with van der Waals surface area (Å²) in [5.41, 5.74) is 0.0330. The highest BCUT2D eigenvalue weighted by Crippen LogP contribution is 2.57. The third-order valence-corrected chi connectivity index (χ3v) is 6.14. The maximum absolute atomic E-state index is 12.3. The highest BCUT2D eigenvalue weighted by Gasteiger charge is 2.59. The van der Waals surface area contributed by atoms with Crippen LogP contribution in [0.3, 0.4) is 0 Å². The summed E-state index contributed by atoms with van der Waals surface area (Å²) in [4.78, 5) is 4.10. The zero-order valence-electron chi connectivity index (χ0n) is 11.6. The fourth-order valence-corrected chi connectivity index (χ4v) is 4.66. The lowest BCUT2D eigenvalue weighted by Gasteiger charge is -2.60. The van der Waals surface area contributed by atoms with E-state index in [9.17, 15) is 8.42 Å². The Labute approximate surface area is 119 Å². The molecule has 1 spiro atoms. The first-order valence-electron chi connectivity index (χ1n) is 7.12. The van der Waals surface area contributed by atoms with Gasteiger partial charge in [0.05, 0.1) is 6.10 Å². The van der Waals surface area contributed by atoms with Gasteiger partial charge in [-0.1, -0.05) is 6.42 Å². The van der Waals surface area contributed by atoms with Gasteiger partial charge in [0.15, 0.2) is 0 Å². The van der Waals surface area contributed by atoms with Crippen molar-refractivity contribution in [3.63, 3.8) is 0 Å². The van der Waals surface area contributed by atoms with Gasteiger partial charge in [0, 0.05) is 30.5 Å². The monoisotopic (exact) mass is 296 g/mol. The molecule has 110 valence electrons. The van der Waals surface area contributed by atoms with Crippen molar-refractivity contribution in [1.82, 2.24) is 9.71 Å². The number of rotatable bonds is 5. The summed E-state index contributed by atoms with van der Waals surface area (Å²) in [6.07, 6.45) is 7.20. The zero-order valence-corrected chi connectivity index (χ0v) is 12.4. The van der Waals surface area contributed by atoms with Crippen molar-refractivity contribution >= 4 is 10.0 Å². The van der Waals surface area contributed by atoms with Crippen LogP contribution in [-0.2, 0) is 14.8 Å². The molecule has 6 heteroatoms. The Hall–Kier alpha value is -0.980. The maximum Gasteiger partial charge on any atom is 0.242 e. The van der Waals surface area contributed by atoms with E-state index in [0.717, 1.165) is 25.7 Å². The van der Waals surface area contributed by atoms with Crippen LogP contribution in [0.25, 0.3) is 0 Å². The number of pyridine rings is 1. The summed E-state index contributed by atoms with van der Waals surface area (Å²) in [5, 5.41) is 0. The summed E-state index contributed by atoms with van der Waals surface area (Å²) in [5.74, 6) is 0. The molecule has 2 atom stereocenters. The van der Waals surface area contributed by atoms with Crippen molar-refractivity contribution < 1.29 is 13.2 Å². The third kappa shape index (κ3) is 2.16. The molecule has 0 saturated heterocycles. The summed E-state index contributed by atoms with van der Waals surface area (Å²) < 4.78 is 33.3. The van der Waals surface area contributed by atoms with E-state index in [4.69, 9.17) is 4.74 Å². The molecule has 0 amide bonds. The Morgan fingerprint density at radius 1 is 1.50 bits per heavy atom. The summed E-state index contributed by atoms with van der Waals surface area (Å²) >= 11 is 0. The smallest absolute Gasteiger partial charge is 0.242 e. The van der Waals surface area contributed by atoms with Gasteiger partial charge in [-0.05, 0) is 38.3 Å². The van der Waals surface area contributed by atoms with Gasteiger partial charge in [-0.3, -0.25) is 4.98 Å². The molecule has 2 fully saturated rings. The Bertz CT molecular complexity index is 569. The number of nitrogens with zero attached hydrogens (tertiary/aromatic N) is 1. The first-order chi connectivity index (χ1) is 9.58. The van der Waals surface area contributed by atoms with Gasteiger partial charge in [0.1, 0.15) is 4.90 Å². The van der Waals surface area contributed by atoms with E-state index in [1.54, 1.807) is 18.3 Å². The van der Waals surface area contributed by atoms with Crippen molar-refractivity contribution in [2.45, 2.75) is 49.6 Å². The van der Waals surface area contributed by atoms with Gasteiger partial charge in [0.2, 0.25) is 10.0 Å². The summed E-state index contributed by atoms with van der Waals surface area (Å²) in [7, 11) is -3.47. The van der Waals surface area contributed by atoms with Gasteiger partial charge >= 0.3 is 0 Å². The molecule has 20 heavy (non-hydrogen) atoms. The summed E-state index contributed by atoms with van der Waals surface area (Å²) in [6, 6.07) is 3.21. The normalized spacial score (nSPS) is 27.9. The Kier molecular flexibility index (Phi) is 3.56. The molecule has 0 unspecified atom stereocenters. The highest BCUT2D eigenvalue weighted by atomic mass is 32.2. The molecule has 2 saturated carbocycles. The maximum atomic E-state index is 12.3. The Balaban J connectivity index is 1.73. The average Bonchev–Trinajstić information content (AvgIpc) is 2.36. The van der Waals surface area contributed by atoms with Crippen molar-refractivity contribution in [1.29, 1.82) is 0 Å². The number of hydrogen-bond acceptors (Lipinski definition) is 4. The van der Waals surface area contributed by atoms with Gasteiger partial charge < -0.3 is 4.74 Å². The van der Waals surface area contributed by atoms with Gasteiger partial charge in [-0.25, -0.2) is 13.1 Å². The molecule has 1 N–H and O–H groups in total. The topological polar surface area (TPSA) is 68.3 Å². The van der Waals surface area contributed by atoms with Crippen molar-refractivity contribution in [3.8, 4) is 0 Å². The molecular weight excluding hydrogens is 276 g/mol. The van der Waals surface area contributed by atoms with Gasteiger partial charge in [-0.15, -0.1) is 0 Å². The van der Waals surface area contributed by atoms with E-state index in [-0.39, 0.29) is 22.5 Å². The standard InChI is InChI=1S/C14H20N2O3S/c1-2-19-13-9-12(14(13)6-4-7-14)16-20(17,18)11-5-3-8-15-10-11/h3,5,8,10,12-13,16H,2,4,6-7,9H2,1H3/t12-,13-/m0/s1. The number of hydrogen-bond donors (Lipinski definition) is 1. The molecule has 0 radical (unpaired) electrons. The molecule has 2 aliphatic rings. The highest BCUT2D eigenvalue weighted by molar-refractivity contribution is 7.89. The average molecular weight is 296 g/mol. The van der Waals surface area contributed by atoms with E-state index in [1.807, 2.05) is 6.92 Å². The Morgan fingerprint density at radius 3 is 2.85 bits per heavy atom. The molecule has 1 heterocycles. The van der Waals surface area contributed by atoms with Crippen LogP contribution in [0.5, 0.6) is 0 Å². The van der Waals surface area contributed by atoms with E-state index in [2.05, 4.69) is 9.71 Å². The van der Waals surface area contributed by atoms with Crippen LogP contribution in [0.2, 0.25) is 0 Å². The van der Waals surface area contributed by atoms with Crippen molar-refractivity contribution in [2.24, 2.45) is 5.41 Å². The van der Waals surface area contributed by atoms with Crippen LogP contribution in [0.15, 0.2) is 29.4 Å². The lowest BCUT2D eigenvalue weighted by molar-refractivity contribution is -0.167. The second-order valence-corrected chi connectivity index (χ2v) is 7.34. The van der Waals surface area contributed by atoms with Gasteiger partial charge in [0.25, 0.3) is 0 Å². The first kappa shape index (κ1) is 14.0. The fraction of sp³-hybridized carbons (Fsp3) is 0.643. The van der Waals surface area contributed by atoms with Crippen LogP contribution in [0, 0.1) is 5.41 Å². The van der Waals surface area contributed by atoms with E-state index in [0.29, 0.717) is 6.61 Å². The largest absolute Gasteiger partial charge is 0.378 e. The van der Waals surface area contributed by atoms with Crippen LogP contribution in [0.4, 0.5) is 0 Å². The first-order valence-corrected chi connectivity index (χ1v) is 8.61. The minimum atomic E-state index is -3.47. The quantitative estimate of drug-likeness (QED) is 0.898. The molecule has 0 bridgehead atoms. The number of nitrogens with one attached hydrogen (secondary N) is 1. The molecule has 5 nitrogen and oxygen atoms in total. The molecule has 1 aromatic rings. The molecule has 1 aromatic heterocycles. The summed E-state index contributed by atoms with van der Waals surface area (Å²) in [6.45, 7) is 2.67. The predicted molar refractivity (Wildman–Crippen MR) is 74.7 cm³/mol. The minimum Gasteiger partial charge on any atom is -0.378 e. The Morgan fingerprint density at radius 2 is 2.30 bits per heavy atom. The van der Waals surface area contributed by atoms with E-state index >= 15 is 0 Å². The molecule has 0 aliphatic heterocycles. The number of aromatic nitrogens is 1. The van der Waals surface area contributed by atoms with Crippen LogP contribution >= 0.6 is 0 Å². The SMILES string of the molecule is CCO[C@H]1C[C@H](NS(=O)(=O)c2cccnc2)C12CCC2. The second-order valence-electron chi connectivity index (χ2n) is 5.63. The third-order valence-electron chi connectivity index (χ3n) is 4.68. The number of sulfonamides is 1. The van der Waals surface area contributed by atoms with E-state index < -0.39 is 10.0 Å². The zero-order chi connectivity index (χ0) is 14.2. The van der Waals surface area contributed by atoms with Crippen LogP contribution < -0.4 is 4.72 Å². The van der Waals surface area contributed by atoms with Crippen molar-refractivity contribution in [3.05, 3.63) is 24.5 Å². The van der Waals surface area contributed by atoms with Crippen LogP contribution in [-0.4, -0.2) is 32.2 Å². The minimum absolute atomic E-state index is 0.00185. The molecular formula is C14H20N2O3S. The van der Waals surface area contributed by atoms with Crippen LogP contribution in [0.1, 0.15) is 32.6 Å². The molecule has 0 aromatic carbocycles. The lowest BCUT2D eigenvalue weighted by Crippen LogP contribution is -2.67. The van der Waals surface area contributed by atoms with E-state index in [1.165, 1.54) is 6.20 Å². The number of ether oxygens (including phenoxy) is 1.